The number of alkyl carbamates (subject to hydrolysis) is 1. The number of halogens is 1. The molecule has 3 unspecified atom stereocenters. The molecule has 4 bridgehead atoms. The maximum atomic E-state index is 14.1. The maximum absolute atomic E-state index is 14.1. The Labute approximate surface area is 315 Å². The first-order chi connectivity index (χ1) is 25.1. The van der Waals surface area contributed by atoms with Crippen LogP contribution in [-0.4, -0.2) is 85.9 Å². The van der Waals surface area contributed by atoms with E-state index in [4.69, 9.17) is 35.3 Å². The second-order valence-electron chi connectivity index (χ2n) is 14.4. The smallest absolute Gasteiger partial charge is 0.409 e. The molecule has 53 heavy (non-hydrogen) atoms. The van der Waals surface area contributed by atoms with Crippen LogP contribution in [0.5, 0.6) is 5.75 Å². The van der Waals surface area contributed by atoms with Gasteiger partial charge in [-0.1, -0.05) is 66.6 Å². The van der Waals surface area contributed by atoms with E-state index >= 15 is 0 Å². The number of ether oxygens (including phenoxy) is 5. The van der Waals surface area contributed by atoms with E-state index in [0.717, 1.165) is 16.7 Å². The Balaban J connectivity index is 1.45. The average molecular weight is 753 g/mol. The van der Waals surface area contributed by atoms with Crippen molar-refractivity contribution >= 4 is 41.0 Å². The van der Waals surface area contributed by atoms with Gasteiger partial charge in [-0.15, -0.1) is 0 Å². The molecule has 0 aromatic heterocycles. The number of rotatable bonds is 8. The van der Waals surface area contributed by atoms with Crippen LogP contribution in [0.4, 0.5) is 10.5 Å². The Bertz CT molecular complexity index is 1780. The molecule has 0 spiro atoms. The van der Waals surface area contributed by atoms with E-state index in [1.54, 1.807) is 44.3 Å². The number of methoxy groups -OCH3 is 2. The lowest BCUT2D eigenvalue weighted by molar-refractivity contribution is -0.154. The number of benzene rings is 2. The number of aryl methyl sites for hydroxylation is 1. The molecule has 0 aliphatic carbocycles. The van der Waals surface area contributed by atoms with Gasteiger partial charge in [-0.3, -0.25) is 19.7 Å². The molecule has 0 saturated carbocycles. The van der Waals surface area contributed by atoms with E-state index < -0.39 is 53.7 Å². The summed E-state index contributed by atoms with van der Waals surface area (Å²) in [4.78, 5) is 53.4. The van der Waals surface area contributed by atoms with Crippen LogP contribution >= 0.6 is 11.6 Å². The standard InChI is InChI=1S/C40H49ClN2O10/c1-23-10-8-12-32(50-7)40(48)22-31(51-38(47)42-40)24(2)37-39(4,53-37)33(52-35(46)13-9-11-26-14-16-28(17-15-26)25(3)44)21-34(45)43(5)29-19-27(18-23)20-30(49-6)36(29)41/h8,10,12,14-17,19-20,24,31-33,37,48H,9,11,13,18,21-22H2,1-7H3,(H,42,47)/b12-8+,23-10+/t24?,31-,32+,33-,37?,39?,40-/m0/s1. The number of hydrogen-bond donors (Lipinski definition) is 2. The van der Waals surface area contributed by atoms with Crippen molar-refractivity contribution in [2.75, 3.05) is 26.2 Å². The number of esters is 1. The van der Waals surface area contributed by atoms with E-state index in [9.17, 15) is 24.3 Å². The Morgan fingerprint density at radius 1 is 1.15 bits per heavy atom. The molecule has 7 atom stereocenters. The molecule has 2 aromatic rings. The first-order valence-corrected chi connectivity index (χ1v) is 18.1. The molecule has 3 aliphatic rings. The molecule has 5 rings (SSSR count). The summed E-state index contributed by atoms with van der Waals surface area (Å²) < 4.78 is 29.2. The van der Waals surface area contributed by atoms with Crippen molar-refractivity contribution in [3.8, 4) is 5.75 Å². The highest BCUT2D eigenvalue weighted by Crippen LogP contribution is 2.49. The number of amides is 2. The van der Waals surface area contributed by atoms with Gasteiger partial charge in [0.1, 0.15) is 34.7 Å². The van der Waals surface area contributed by atoms with Crippen molar-refractivity contribution in [3.05, 3.63) is 81.9 Å². The molecule has 3 aliphatic heterocycles. The van der Waals surface area contributed by atoms with Crippen LogP contribution in [0.25, 0.3) is 0 Å². The number of anilines is 1. The van der Waals surface area contributed by atoms with Crippen LogP contribution in [0.15, 0.2) is 60.2 Å². The number of nitrogens with zero attached hydrogens (tertiary/aromatic N) is 1. The van der Waals surface area contributed by atoms with Crippen LogP contribution in [0.2, 0.25) is 5.02 Å². The Morgan fingerprint density at radius 2 is 1.87 bits per heavy atom. The minimum Gasteiger partial charge on any atom is -0.495 e. The molecule has 286 valence electrons. The quantitative estimate of drug-likeness (QED) is 0.190. The highest BCUT2D eigenvalue weighted by molar-refractivity contribution is 6.35. The third kappa shape index (κ3) is 9.12. The SMILES string of the molecule is COc1cc2cc(c1Cl)N(C)C(=O)C[C@H](OC(=O)CCCc1ccc(C(C)=O)cc1)C1(C)OC1C(C)[C@@H]1C[C@@](O)(NC(=O)O1)[C@H](OC)/C=C/C=C(\C)C2. The van der Waals surface area contributed by atoms with Crippen molar-refractivity contribution in [2.24, 2.45) is 5.92 Å². The molecule has 2 fully saturated rings. The van der Waals surface area contributed by atoms with Crippen molar-refractivity contribution < 1.29 is 48.0 Å². The van der Waals surface area contributed by atoms with Gasteiger partial charge in [-0.2, -0.15) is 0 Å². The summed E-state index contributed by atoms with van der Waals surface area (Å²) in [5.74, 6) is -0.996. The molecule has 2 saturated heterocycles. The summed E-state index contributed by atoms with van der Waals surface area (Å²) in [7, 11) is 4.55. The molecule has 13 heteroatoms. The number of allylic oxidation sites excluding steroid dienone is 3. The largest absolute Gasteiger partial charge is 0.495 e. The molecule has 2 N–H and O–H groups in total. The van der Waals surface area contributed by atoms with Gasteiger partial charge in [-0.05, 0) is 63.3 Å². The van der Waals surface area contributed by atoms with Gasteiger partial charge in [0, 0.05) is 38.5 Å². The van der Waals surface area contributed by atoms with Gasteiger partial charge in [0.25, 0.3) is 0 Å². The highest BCUT2D eigenvalue weighted by atomic mass is 35.5. The highest BCUT2D eigenvalue weighted by Gasteiger charge is 2.64. The fourth-order valence-electron chi connectivity index (χ4n) is 7.17. The van der Waals surface area contributed by atoms with E-state index in [0.29, 0.717) is 36.3 Å². The van der Waals surface area contributed by atoms with E-state index in [-0.39, 0.29) is 36.0 Å². The molecular formula is C40H49ClN2O10. The lowest BCUT2D eigenvalue weighted by Gasteiger charge is -2.42. The monoisotopic (exact) mass is 752 g/mol. The first-order valence-electron chi connectivity index (χ1n) is 17.8. The second kappa shape index (κ2) is 16.4. The van der Waals surface area contributed by atoms with Gasteiger partial charge in [-0.25, -0.2) is 4.79 Å². The minimum atomic E-state index is -1.80. The number of hydrogen-bond acceptors (Lipinski definition) is 10. The second-order valence-corrected chi connectivity index (χ2v) is 14.8. The fourth-order valence-corrected chi connectivity index (χ4v) is 7.48. The van der Waals surface area contributed by atoms with E-state index in [1.807, 2.05) is 38.1 Å². The summed E-state index contributed by atoms with van der Waals surface area (Å²) in [5.41, 5.74) is 0.853. The summed E-state index contributed by atoms with van der Waals surface area (Å²) in [5, 5.41) is 14.5. The third-order valence-corrected chi connectivity index (χ3v) is 10.8. The zero-order valence-electron chi connectivity index (χ0n) is 31.3. The Hall–Kier alpha value is -4.23. The first kappa shape index (κ1) is 40.0. The minimum absolute atomic E-state index is 0.0221. The third-order valence-electron chi connectivity index (χ3n) is 10.4. The predicted octanol–water partition coefficient (Wildman–Crippen LogP) is 5.89. The summed E-state index contributed by atoms with van der Waals surface area (Å²) >= 11 is 6.76. The van der Waals surface area contributed by atoms with Crippen LogP contribution in [-0.2, 0) is 41.4 Å². The molecule has 2 amide bonds. The van der Waals surface area contributed by atoms with Gasteiger partial charge in [0.15, 0.2) is 11.5 Å². The lowest BCUT2D eigenvalue weighted by atomic mass is 9.83. The number of ketones is 1. The number of aliphatic hydroxyl groups is 1. The summed E-state index contributed by atoms with van der Waals surface area (Å²) in [6, 6.07) is 10.9. The number of nitrogens with one attached hydrogen (secondary N) is 1. The Kier molecular flexibility index (Phi) is 12.4. The topological polar surface area (TPSA) is 153 Å². The van der Waals surface area contributed by atoms with Crippen LogP contribution in [0.3, 0.4) is 0 Å². The Morgan fingerprint density at radius 3 is 2.53 bits per heavy atom. The molecule has 12 nitrogen and oxygen atoms in total. The van der Waals surface area contributed by atoms with Crippen molar-refractivity contribution in [1.29, 1.82) is 0 Å². The van der Waals surface area contributed by atoms with Gasteiger partial charge < -0.3 is 33.7 Å². The van der Waals surface area contributed by atoms with Crippen LogP contribution in [0.1, 0.15) is 74.9 Å². The number of fused-ring (bicyclic) bond motifs is 5. The summed E-state index contributed by atoms with van der Waals surface area (Å²) in [6.45, 7) is 7.03. The molecule has 3 heterocycles. The number of Topliss-reactive ketones (excluding diaryl/α,β-unsaturated/α-hetero) is 1. The van der Waals surface area contributed by atoms with E-state index in [2.05, 4.69) is 5.32 Å². The summed E-state index contributed by atoms with van der Waals surface area (Å²) in [6.07, 6.45) is 2.49. The maximum Gasteiger partial charge on any atom is 0.409 e. The average Bonchev–Trinajstić information content (AvgIpc) is 3.81. The number of carbonyl (C=O) groups is 4. The van der Waals surface area contributed by atoms with Crippen LogP contribution in [0, 0.1) is 5.92 Å². The zero-order chi connectivity index (χ0) is 38.7. The number of carbonyl (C=O) groups excluding carboxylic acids is 4. The van der Waals surface area contributed by atoms with Crippen molar-refractivity contribution in [1.82, 2.24) is 5.32 Å². The zero-order valence-corrected chi connectivity index (χ0v) is 32.0. The molecule has 2 aromatic carbocycles. The van der Waals surface area contributed by atoms with Crippen LogP contribution < -0.4 is 15.0 Å². The van der Waals surface area contributed by atoms with Gasteiger partial charge in [0.05, 0.1) is 25.3 Å². The lowest BCUT2D eigenvalue weighted by Crippen LogP contribution is -2.63. The predicted molar refractivity (Wildman–Crippen MR) is 198 cm³/mol. The molecular weight excluding hydrogens is 704 g/mol. The molecule has 0 radical (unpaired) electrons. The number of epoxide rings is 1. The van der Waals surface area contributed by atoms with E-state index in [1.165, 1.54) is 26.0 Å². The van der Waals surface area contributed by atoms with Crippen molar-refractivity contribution in [2.45, 2.75) is 102 Å². The normalized spacial score (nSPS) is 30.5. The van der Waals surface area contributed by atoms with Crippen molar-refractivity contribution in [3.63, 3.8) is 0 Å². The fraction of sp³-hybridized carbons (Fsp3) is 0.500. The van der Waals surface area contributed by atoms with Gasteiger partial charge in [0.2, 0.25) is 5.91 Å². The van der Waals surface area contributed by atoms with Gasteiger partial charge >= 0.3 is 12.1 Å².